The lowest BCUT2D eigenvalue weighted by Gasteiger charge is -1.99. The van der Waals surface area contributed by atoms with Crippen molar-refractivity contribution in [3.63, 3.8) is 0 Å². The van der Waals surface area contributed by atoms with Crippen LogP contribution in [-0.4, -0.2) is 27.7 Å². The van der Waals surface area contributed by atoms with E-state index in [1.807, 2.05) is 0 Å². The second-order valence-electron chi connectivity index (χ2n) is 1.06. The fourth-order valence-corrected chi connectivity index (χ4v) is 0.116. The zero-order valence-corrected chi connectivity index (χ0v) is 5.99. The van der Waals surface area contributed by atoms with Gasteiger partial charge in [0.1, 0.15) is 0 Å². The summed E-state index contributed by atoms with van der Waals surface area (Å²) in [6, 6.07) is 0. The number of halogens is 3. The predicted octanol–water partition coefficient (Wildman–Crippen LogP) is 0.0515. The third kappa shape index (κ3) is 9.08. The van der Waals surface area contributed by atoms with Gasteiger partial charge in [-0.25, -0.2) is 4.79 Å². The number of alkyl halides is 3. The maximum atomic E-state index is 11.0. The maximum absolute atomic E-state index is 11.0. The molecule has 0 amide bonds. The Kier molecular flexibility index (Phi) is 6.75. The van der Waals surface area contributed by atoms with Gasteiger partial charge in [0.25, 0.3) is 0 Å². The number of rotatable bonds is 0. The molecule has 0 aliphatic rings. The van der Waals surface area contributed by atoms with Gasteiger partial charge < -0.3 is 4.74 Å². The average Bonchev–Trinajstić information content (AvgIpc) is 1.86. The van der Waals surface area contributed by atoms with Gasteiger partial charge in [-0.2, -0.15) is 21.6 Å². The van der Waals surface area contributed by atoms with Gasteiger partial charge in [0.05, 0.1) is 7.11 Å². The van der Waals surface area contributed by atoms with Gasteiger partial charge in [0, 0.05) is 0 Å². The van der Waals surface area contributed by atoms with Crippen LogP contribution in [0.5, 0.6) is 0 Å². The predicted molar refractivity (Wildman–Crippen MR) is 27.0 cm³/mol. The van der Waals surface area contributed by atoms with Crippen molar-refractivity contribution in [3.05, 3.63) is 0 Å². The molecule has 11 heavy (non-hydrogen) atoms. The molecule has 0 spiro atoms. The molecule has 0 aliphatic heterocycles. The van der Waals surface area contributed by atoms with Crippen molar-refractivity contribution < 1.29 is 31.1 Å². The molecule has 0 aromatic heterocycles. The molecule has 4 nitrogen and oxygen atoms in total. The standard InChI is InChI=1S/C3H3F3O2.O2S/c1-8-2(7)3(4,5)6;1-3-2/h1H3;. The second-order valence-corrected chi connectivity index (χ2v) is 1.19. The third-order valence-corrected chi connectivity index (χ3v) is 0.417. The SMILES string of the molecule is COC(=O)C(F)(F)F.O=S=O. The van der Waals surface area contributed by atoms with E-state index in [4.69, 9.17) is 8.42 Å². The van der Waals surface area contributed by atoms with E-state index in [0.29, 0.717) is 7.11 Å². The summed E-state index contributed by atoms with van der Waals surface area (Å²) in [5.74, 6) is -2.17. The highest BCUT2D eigenvalue weighted by atomic mass is 32.1. The molecule has 0 bridgehead atoms. The molecule has 0 aromatic carbocycles. The van der Waals surface area contributed by atoms with Crippen molar-refractivity contribution in [1.29, 1.82) is 0 Å². The molecule has 66 valence electrons. The lowest BCUT2D eigenvalue weighted by atomic mass is 10.7. The molecule has 0 saturated heterocycles. The van der Waals surface area contributed by atoms with Crippen LogP contribution in [0.3, 0.4) is 0 Å². The summed E-state index contributed by atoms with van der Waals surface area (Å²) in [6.45, 7) is 0. The van der Waals surface area contributed by atoms with Crippen LogP contribution in [0.4, 0.5) is 13.2 Å². The van der Waals surface area contributed by atoms with Crippen molar-refractivity contribution in [3.8, 4) is 0 Å². The van der Waals surface area contributed by atoms with Crippen LogP contribution < -0.4 is 0 Å². The Labute approximate surface area is 62.9 Å². The highest BCUT2D eigenvalue weighted by Crippen LogP contribution is 2.15. The Hall–Kier alpha value is -0.920. The molecule has 0 aliphatic carbocycles. The first-order valence-electron chi connectivity index (χ1n) is 1.97. The Morgan fingerprint density at radius 1 is 1.36 bits per heavy atom. The molecule has 0 radical (unpaired) electrons. The van der Waals surface area contributed by atoms with Crippen molar-refractivity contribution in [2.24, 2.45) is 0 Å². The zero-order valence-electron chi connectivity index (χ0n) is 5.18. The molecular weight excluding hydrogens is 189 g/mol. The van der Waals surface area contributed by atoms with E-state index in [0.717, 1.165) is 0 Å². The summed E-state index contributed by atoms with van der Waals surface area (Å²) in [4.78, 5) is 9.49. The van der Waals surface area contributed by atoms with E-state index in [2.05, 4.69) is 4.74 Å². The van der Waals surface area contributed by atoms with Gasteiger partial charge in [-0.15, -0.1) is 0 Å². The summed E-state index contributed by atoms with van der Waals surface area (Å²) in [7, 11) is 0.676. The van der Waals surface area contributed by atoms with Crippen LogP contribution in [0.2, 0.25) is 0 Å². The molecule has 0 rings (SSSR count). The molecule has 0 fully saturated rings. The largest absolute Gasteiger partial charge is 0.490 e. The first-order chi connectivity index (χ1) is 4.90. The summed E-state index contributed by atoms with van der Waals surface area (Å²) < 4.78 is 52.9. The minimum Gasteiger partial charge on any atom is -0.462 e. The van der Waals surface area contributed by atoms with Crippen molar-refractivity contribution in [2.45, 2.75) is 6.18 Å². The van der Waals surface area contributed by atoms with Crippen LogP contribution in [-0.2, 0) is 21.1 Å². The van der Waals surface area contributed by atoms with E-state index in [9.17, 15) is 18.0 Å². The Morgan fingerprint density at radius 3 is 1.64 bits per heavy atom. The van der Waals surface area contributed by atoms with Crippen LogP contribution in [0, 0.1) is 0 Å². The Bertz CT molecular complexity index is 158. The van der Waals surface area contributed by atoms with Crippen LogP contribution in [0.1, 0.15) is 0 Å². The van der Waals surface area contributed by atoms with Crippen LogP contribution in [0.15, 0.2) is 0 Å². The topological polar surface area (TPSA) is 60.4 Å². The fourth-order valence-electron chi connectivity index (χ4n) is 0.116. The quantitative estimate of drug-likeness (QED) is 0.509. The number of hydrogen-bond acceptors (Lipinski definition) is 4. The molecule has 8 heteroatoms. The van der Waals surface area contributed by atoms with Gasteiger partial charge in [-0.05, 0) is 0 Å². The number of carbonyl (C=O) groups excluding carboxylic acids is 1. The second kappa shape index (κ2) is 5.83. The number of esters is 1. The van der Waals surface area contributed by atoms with E-state index >= 15 is 0 Å². The molecule has 0 aromatic rings. The fraction of sp³-hybridized carbons (Fsp3) is 0.667. The summed E-state index contributed by atoms with van der Waals surface area (Å²) in [5.41, 5.74) is 0. The van der Waals surface area contributed by atoms with E-state index < -0.39 is 23.7 Å². The lowest BCUT2D eigenvalue weighted by molar-refractivity contribution is -0.196. The molecule has 0 heterocycles. The first-order valence-corrected chi connectivity index (χ1v) is 2.63. The van der Waals surface area contributed by atoms with E-state index in [1.165, 1.54) is 0 Å². The van der Waals surface area contributed by atoms with Gasteiger partial charge in [-0.1, -0.05) is 0 Å². The average molecular weight is 192 g/mol. The number of ether oxygens (including phenoxy) is 1. The van der Waals surface area contributed by atoms with Gasteiger partial charge in [-0.3, -0.25) is 0 Å². The van der Waals surface area contributed by atoms with Crippen LogP contribution in [0.25, 0.3) is 0 Å². The summed E-state index contributed by atoms with van der Waals surface area (Å²) in [6.07, 6.45) is -4.85. The van der Waals surface area contributed by atoms with Crippen molar-refractivity contribution >= 4 is 17.5 Å². The van der Waals surface area contributed by atoms with Gasteiger partial charge in [0.2, 0.25) is 0 Å². The maximum Gasteiger partial charge on any atom is 0.490 e. The Balaban J connectivity index is 0. The van der Waals surface area contributed by atoms with Gasteiger partial charge >= 0.3 is 23.7 Å². The number of carbonyl (C=O) groups is 1. The van der Waals surface area contributed by atoms with Crippen LogP contribution >= 0.6 is 0 Å². The van der Waals surface area contributed by atoms with E-state index in [1.54, 1.807) is 0 Å². The third-order valence-electron chi connectivity index (χ3n) is 0.417. The first kappa shape index (κ1) is 12.7. The monoisotopic (exact) mass is 192 g/mol. The highest BCUT2D eigenvalue weighted by molar-refractivity contribution is 7.51. The normalized spacial score (nSPS) is 9.09. The molecular formula is C3H3F3O4S. The summed E-state index contributed by atoms with van der Waals surface area (Å²) in [5, 5.41) is 0. The summed E-state index contributed by atoms with van der Waals surface area (Å²) >= 11 is -0.750. The van der Waals surface area contributed by atoms with Gasteiger partial charge in [0.15, 0.2) is 0 Å². The van der Waals surface area contributed by atoms with Crippen molar-refractivity contribution in [1.82, 2.24) is 0 Å². The lowest BCUT2D eigenvalue weighted by Crippen LogP contribution is -2.23. The minimum absolute atomic E-state index is 0.676. The Morgan fingerprint density at radius 2 is 1.64 bits per heavy atom. The molecule has 0 saturated carbocycles. The van der Waals surface area contributed by atoms with E-state index in [-0.39, 0.29) is 0 Å². The molecule has 0 N–H and O–H groups in total. The van der Waals surface area contributed by atoms with Crippen molar-refractivity contribution in [2.75, 3.05) is 7.11 Å². The molecule has 0 unspecified atom stereocenters. The highest BCUT2D eigenvalue weighted by Gasteiger charge is 2.39. The zero-order chi connectivity index (χ0) is 9.49. The smallest absolute Gasteiger partial charge is 0.462 e. The minimum atomic E-state index is -4.85. The number of methoxy groups -OCH3 is 1. The number of hydrogen-bond donors (Lipinski definition) is 0. The molecule has 0 atom stereocenters.